The number of rotatable bonds is 1. The van der Waals surface area contributed by atoms with Crippen LogP contribution in [0.15, 0.2) is 24.4 Å². The van der Waals surface area contributed by atoms with E-state index in [0.29, 0.717) is 18.6 Å². The zero-order valence-electron chi connectivity index (χ0n) is 8.94. The number of fused-ring (bicyclic) bond motifs is 1. The third-order valence-electron chi connectivity index (χ3n) is 3.11. The lowest BCUT2D eigenvalue weighted by Gasteiger charge is -2.28. The average Bonchev–Trinajstić information content (AvgIpc) is 2.77. The summed E-state index contributed by atoms with van der Waals surface area (Å²) < 4.78 is 0. The number of nitrogens with one attached hydrogen (secondary N) is 1. The molecule has 1 aromatic heterocycles. The Hall–Kier alpha value is -1.84. The molecule has 2 heterocycles. The van der Waals surface area contributed by atoms with E-state index in [4.69, 9.17) is 0 Å². The fraction of sp³-hybridized carbons (Fsp3) is 0.333. The first-order valence-corrected chi connectivity index (χ1v) is 5.53. The highest BCUT2D eigenvalue weighted by Crippen LogP contribution is 2.22. The second-order valence-corrected chi connectivity index (χ2v) is 4.17. The number of aromatic amines is 1. The Kier molecular flexibility index (Phi) is 2.13. The Labute approximate surface area is 93.3 Å². The summed E-state index contributed by atoms with van der Waals surface area (Å²) in [5, 5.41) is 8.06. The van der Waals surface area contributed by atoms with Gasteiger partial charge >= 0.3 is 0 Å². The molecule has 0 aliphatic carbocycles. The SMILES string of the molecule is O=C1CCN(c2ccc3[nH]ncc3c2)CC1. The first-order valence-electron chi connectivity index (χ1n) is 5.53. The molecule has 0 bridgehead atoms. The van der Waals surface area contributed by atoms with Crippen LogP contribution in [0.3, 0.4) is 0 Å². The van der Waals surface area contributed by atoms with Gasteiger partial charge < -0.3 is 4.90 Å². The summed E-state index contributed by atoms with van der Waals surface area (Å²) in [6.07, 6.45) is 3.17. The van der Waals surface area contributed by atoms with Crippen molar-refractivity contribution in [2.24, 2.45) is 0 Å². The molecule has 0 saturated carbocycles. The molecule has 0 atom stereocenters. The van der Waals surface area contributed by atoms with Gasteiger partial charge in [-0.15, -0.1) is 0 Å². The summed E-state index contributed by atoms with van der Waals surface area (Å²) in [5.74, 6) is 0.376. The highest BCUT2D eigenvalue weighted by Gasteiger charge is 2.16. The van der Waals surface area contributed by atoms with Crippen LogP contribution in [-0.4, -0.2) is 29.1 Å². The van der Waals surface area contributed by atoms with Gasteiger partial charge in [0.05, 0.1) is 11.7 Å². The lowest BCUT2D eigenvalue weighted by atomic mass is 10.1. The summed E-state index contributed by atoms with van der Waals surface area (Å²) in [6.45, 7) is 1.67. The second kappa shape index (κ2) is 3.63. The summed E-state index contributed by atoms with van der Waals surface area (Å²) >= 11 is 0. The van der Waals surface area contributed by atoms with Gasteiger partial charge in [-0.2, -0.15) is 5.10 Å². The lowest BCUT2D eigenvalue weighted by molar-refractivity contribution is -0.119. The number of benzene rings is 1. The summed E-state index contributed by atoms with van der Waals surface area (Å²) in [7, 11) is 0. The molecule has 1 aromatic carbocycles. The molecule has 4 heteroatoms. The Morgan fingerprint density at radius 2 is 2.06 bits per heavy atom. The van der Waals surface area contributed by atoms with E-state index in [2.05, 4.69) is 27.2 Å². The molecule has 1 saturated heterocycles. The molecule has 82 valence electrons. The number of piperidine rings is 1. The number of Topliss-reactive ketones (excluding diaryl/α,β-unsaturated/α-hetero) is 1. The number of nitrogens with zero attached hydrogens (tertiary/aromatic N) is 2. The zero-order chi connectivity index (χ0) is 11.0. The Bertz CT molecular complexity index is 522. The third-order valence-corrected chi connectivity index (χ3v) is 3.11. The number of carbonyl (C=O) groups excluding carboxylic acids is 1. The van der Waals surface area contributed by atoms with Gasteiger partial charge in [-0.05, 0) is 18.2 Å². The molecule has 1 fully saturated rings. The van der Waals surface area contributed by atoms with E-state index in [1.807, 2.05) is 12.3 Å². The Morgan fingerprint density at radius 1 is 1.25 bits per heavy atom. The van der Waals surface area contributed by atoms with Gasteiger partial charge in [-0.1, -0.05) is 0 Å². The highest BCUT2D eigenvalue weighted by molar-refractivity contribution is 5.84. The van der Waals surface area contributed by atoms with Crippen LogP contribution in [0.5, 0.6) is 0 Å². The predicted molar refractivity (Wildman–Crippen MR) is 62.5 cm³/mol. The second-order valence-electron chi connectivity index (χ2n) is 4.17. The smallest absolute Gasteiger partial charge is 0.136 e. The van der Waals surface area contributed by atoms with Crippen molar-refractivity contribution in [3.8, 4) is 0 Å². The van der Waals surface area contributed by atoms with E-state index in [1.165, 1.54) is 5.69 Å². The van der Waals surface area contributed by atoms with Gasteiger partial charge in [0.2, 0.25) is 0 Å². The largest absolute Gasteiger partial charge is 0.371 e. The molecule has 4 nitrogen and oxygen atoms in total. The van der Waals surface area contributed by atoms with Crippen molar-refractivity contribution in [1.82, 2.24) is 10.2 Å². The molecule has 0 radical (unpaired) electrons. The van der Waals surface area contributed by atoms with Gasteiger partial charge in [0.15, 0.2) is 0 Å². The molecular formula is C12H13N3O. The Morgan fingerprint density at radius 3 is 2.88 bits per heavy atom. The molecule has 0 amide bonds. The van der Waals surface area contributed by atoms with Crippen LogP contribution in [0.4, 0.5) is 5.69 Å². The van der Waals surface area contributed by atoms with Crippen molar-refractivity contribution in [3.63, 3.8) is 0 Å². The van der Waals surface area contributed by atoms with E-state index in [9.17, 15) is 4.79 Å². The molecule has 0 spiro atoms. The maximum Gasteiger partial charge on any atom is 0.136 e. The minimum Gasteiger partial charge on any atom is -0.371 e. The molecular weight excluding hydrogens is 202 g/mol. The fourth-order valence-corrected chi connectivity index (χ4v) is 2.14. The van der Waals surface area contributed by atoms with E-state index < -0.39 is 0 Å². The quantitative estimate of drug-likeness (QED) is 0.788. The predicted octanol–water partition coefficient (Wildman–Crippen LogP) is 1.73. The first-order chi connectivity index (χ1) is 7.83. The number of ketones is 1. The van der Waals surface area contributed by atoms with E-state index in [-0.39, 0.29) is 0 Å². The summed E-state index contributed by atoms with van der Waals surface area (Å²) in [5.41, 5.74) is 2.23. The standard InChI is InChI=1S/C12H13N3O/c16-11-3-5-15(6-4-11)10-1-2-12-9(7-10)8-13-14-12/h1-2,7-8H,3-6H2,(H,13,14). The summed E-state index contributed by atoms with van der Waals surface area (Å²) in [4.78, 5) is 13.4. The van der Waals surface area contributed by atoms with Crippen LogP contribution in [0.25, 0.3) is 10.9 Å². The number of hydrogen-bond donors (Lipinski definition) is 1. The number of hydrogen-bond acceptors (Lipinski definition) is 3. The minimum absolute atomic E-state index is 0.376. The van der Waals surface area contributed by atoms with Crippen LogP contribution in [0, 0.1) is 0 Å². The van der Waals surface area contributed by atoms with Crippen molar-refractivity contribution in [1.29, 1.82) is 0 Å². The third kappa shape index (κ3) is 1.56. The van der Waals surface area contributed by atoms with Crippen molar-refractivity contribution in [3.05, 3.63) is 24.4 Å². The van der Waals surface area contributed by atoms with Crippen molar-refractivity contribution < 1.29 is 4.79 Å². The Balaban J connectivity index is 1.90. The van der Waals surface area contributed by atoms with Crippen LogP contribution in [-0.2, 0) is 4.79 Å². The number of carbonyl (C=O) groups is 1. The van der Waals surface area contributed by atoms with Gasteiger partial charge in [-0.25, -0.2) is 0 Å². The molecule has 0 unspecified atom stereocenters. The van der Waals surface area contributed by atoms with Gasteiger partial charge in [0.25, 0.3) is 0 Å². The fourth-order valence-electron chi connectivity index (χ4n) is 2.14. The number of anilines is 1. The van der Waals surface area contributed by atoms with Crippen molar-refractivity contribution in [2.75, 3.05) is 18.0 Å². The van der Waals surface area contributed by atoms with Crippen LogP contribution in [0.2, 0.25) is 0 Å². The van der Waals surface area contributed by atoms with Crippen LogP contribution < -0.4 is 4.90 Å². The normalized spacial score (nSPS) is 17.0. The van der Waals surface area contributed by atoms with Crippen molar-refractivity contribution in [2.45, 2.75) is 12.8 Å². The molecule has 16 heavy (non-hydrogen) atoms. The maximum absolute atomic E-state index is 11.2. The van der Waals surface area contributed by atoms with E-state index in [0.717, 1.165) is 24.0 Å². The van der Waals surface area contributed by atoms with E-state index in [1.54, 1.807) is 0 Å². The molecule has 1 N–H and O–H groups in total. The molecule has 1 aliphatic heterocycles. The van der Waals surface area contributed by atoms with Crippen LogP contribution >= 0.6 is 0 Å². The molecule has 2 aromatic rings. The number of H-pyrrole nitrogens is 1. The topological polar surface area (TPSA) is 49.0 Å². The zero-order valence-corrected chi connectivity index (χ0v) is 8.94. The van der Waals surface area contributed by atoms with Crippen molar-refractivity contribution >= 4 is 22.4 Å². The molecule has 3 rings (SSSR count). The lowest BCUT2D eigenvalue weighted by Crippen LogP contribution is -2.33. The van der Waals surface area contributed by atoms with Gasteiger partial charge in [0, 0.05) is 37.0 Å². The monoisotopic (exact) mass is 215 g/mol. The number of aromatic nitrogens is 2. The summed E-state index contributed by atoms with van der Waals surface area (Å²) in [6, 6.07) is 6.24. The highest BCUT2D eigenvalue weighted by atomic mass is 16.1. The minimum atomic E-state index is 0.376. The van der Waals surface area contributed by atoms with E-state index >= 15 is 0 Å². The van der Waals surface area contributed by atoms with Gasteiger partial charge in [-0.3, -0.25) is 9.89 Å². The van der Waals surface area contributed by atoms with Gasteiger partial charge in [0.1, 0.15) is 5.78 Å². The van der Waals surface area contributed by atoms with Crippen LogP contribution in [0.1, 0.15) is 12.8 Å². The molecule has 1 aliphatic rings. The first kappa shape index (κ1) is 9.39. The average molecular weight is 215 g/mol. The maximum atomic E-state index is 11.2.